The third kappa shape index (κ3) is 8.65. The topological polar surface area (TPSA) is 111 Å². The number of carbonyl (C=O) groups is 3. The number of alkyl halides is 2. The van der Waals surface area contributed by atoms with E-state index in [0.29, 0.717) is 28.8 Å². The molecule has 10 heteroatoms. The molecule has 1 rings (SSSR count). The van der Waals surface area contributed by atoms with Gasteiger partial charge in [0.2, 0.25) is 0 Å². The highest BCUT2D eigenvalue weighted by atomic mass is 32.2. The zero-order valence-electron chi connectivity index (χ0n) is 14.3. The molecule has 1 aromatic rings. The van der Waals surface area contributed by atoms with Crippen LogP contribution in [0.3, 0.4) is 0 Å². The molecule has 0 heterocycles. The normalized spacial score (nSPS) is 11.9. The lowest BCUT2D eigenvalue weighted by molar-refractivity contribution is -0.149. The molecule has 1 aromatic carbocycles. The van der Waals surface area contributed by atoms with Gasteiger partial charge in [-0.05, 0) is 36.6 Å². The number of halogens is 2. The number of anilines is 1. The molecule has 0 saturated carbocycles. The smallest absolute Gasteiger partial charge is 0.329 e. The molecule has 0 saturated heterocycles. The maximum atomic E-state index is 12.2. The summed E-state index contributed by atoms with van der Waals surface area (Å²) in [6.45, 7) is 3.15. The van der Waals surface area contributed by atoms with Crippen LogP contribution in [-0.4, -0.2) is 36.3 Å². The maximum Gasteiger partial charge on any atom is 0.329 e. The minimum Gasteiger partial charge on any atom is -0.454 e. The Hall–Kier alpha value is -2.36. The molecule has 0 aliphatic carbocycles. The van der Waals surface area contributed by atoms with E-state index < -0.39 is 36.3 Å². The number of nitrogens with one attached hydrogen (secondary N) is 2. The summed E-state index contributed by atoms with van der Waals surface area (Å²) in [5.41, 5.74) is 5.40. The van der Waals surface area contributed by atoms with E-state index in [1.54, 1.807) is 0 Å². The summed E-state index contributed by atoms with van der Waals surface area (Å²) in [7, 11) is 0. The number of primary amides is 1. The number of urea groups is 1. The molecule has 0 aliphatic rings. The van der Waals surface area contributed by atoms with E-state index in [0.717, 1.165) is 0 Å². The quantitative estimate of drug-likeness (QED) is 0.444. The van der Waals surface area contributed by atoms with Gasteiger partial charge in [0.25, 0.3) is 11.7 Å². The highest BCUT2D eigenvalue weighted by Gasteiger charge is 2.23. The number of thioether (sulfide) groups is 1. The van der Waals surface area contributed by atoms with E-state index in [-0.39, 0.29) is 5.92 Å². The van der Waals surface area contributed by atoms with Gasteiger partial charge in [-0.25, -0.2) is 9.59 Å². The largest absolute Gasteiger partial charge is 0.454 e. The molecular weight excluding hydrogens is 368 g/mol. The SMILES string of the molecule is CC(C)C[C@@H](NC(N)=O)C(=O)OCC(=O)Nc1ccc(SC(F)F)cc1. The average molecular weight is 389 g/mol. The lowest BCUT2D eigenvalue weighted by Gasteiger charge is -2.18. The maximum absolute atomic E-state index is 12.2. The lowest BCUT2D eigenvalue weighted by atomic mass is 10.0. The molecule has 7 nitrogen and oxygen atoms in total. The van der Waals surface area contributed by atoms with Gasteiger partial charge in [-0.3, -0.25) is 4.79 Å². The number of ether oxygens (including phenoxy) is 1. The number of esters is 1. The zero-order chi connectivity index (χ0) is 19.7. The van der Waals surface area contributed by atoms with Crippen LogP contribution >= 0.6 is 11.8 Å². The number of rotatable bonds is 9. The van der Waals surface area contributed by atoms with Crippen molar-refractivity contribution >= 4 is 35.4 Å². The van der Waals surface area contributed by atoms with Crippen LogP contribution in [0.15, 0.2) is 29.2 Å². The van der Waals surface area contributed by atoms with Crippen molar-refractivity contribution in [3.8, 4) is 0 Å². The average Bonchev–Trinajstić information content (AvgIpc) is 2.52. The van der Waals surface area contributed by atoms with Crippen molar-refractivity contribution in [1.82, 2.24) is 5.32 Å². The molecule has 0 radical (unpaired) electrons. The summed E-state index contributed by atoms with van der Waals surface area (Å²) < 4.78 is 29.4. The van der Waals surface area contributed by atoms with Crippen LogP contribution in [0.2, 0.25) is 0 Å². The van der Waals surface area contributed by atoms with Gasteiger partial charge in [0.1, 0.15) is 6.04 Å². The predicted octanol–water partition coefficient (Wildman–Crippen LogP) is 2.57. The van der Waals surface area contributed by atoms with Gasteiger partial charge in [-0.1, -0.05) is 25.6 Å². The summed E-state index contributed by atoms with van der Waals surface area (Å²) in [6.07, 6.45) is 0.312. The van der Waals surface area contributed by atoms with Gasteiger partial charge in [0, 0.05) is 10.6 Å². The van der Waals surface area contributed by atoms with E-state index in [1.807, 2.05) is 13.8 Å². The van der Waals surface area contributed by atoms with Crippen molar-refractivity contribution in [2.24, 2.45) is 11.7 Å². The van der Waals surface area contributed by atoms with Gasteiger partial charge >= 0.3 is 12.0 Å². The van der Waals surface area contributed by atoms with Crippen LogP contribution in [0.25, 0.3) is 0 Å². The van der Waals surface area contributed by atoms with Crippen molar-refractivity contribution in [1.29, 1.82) is 0 Å². The Labute approximate surface area is 154 Å². The van der Waals surface area contributed by atoms with Gasteiger partial charge < -0.3 is 21.1 Å². The monoisotopic (exact) mass is 389 g/mol. The van der Waals surface area contributed by atoms with E-state index in [4.69, 9.17) is 10.5 Å². The number of nitrogens with two attached hydrogens (primary N) is 1. The highest BCUT2D eigenvalue weighted by Crippen LogP contribution is 2.26. The van der Waals surface area contributed by atoms with Crippen LogP contribution in [-0.2, 0) is 14.3 Å². The molecule has 0 unspecified atom stereocenters. The predicted molar refractivity (Wildman–Crippen MR) is 93.9 cm³/mol. The van der Waals surface area contributed by atoms with Gasteiger partial charge in [-0.2, -0.15) is 8.78 Å². The second-order valence-electron chi connectivity index (χ2n) is 5.75. The zero-order valence-corrected chi connectivity index (χ0v) is 15.1. The molecule has 0 aliphatic heterocycles. The standard InChI is InChI=1S/C16H21F2N3O4S/c1-9(2)7-12(21-16(19)24)14(23)25-8-13(22)20-10-3-5-11(6-4-10)26-15(17)18/h3-6,9,12,15H,7-8H2,1-2H3,(H,20,22)(H3,19,21,24)/t12-/m1/s1. The van der Waals surface area contributed by atoms with Crippen LogP contribution < -0.4 is 16.4 Å². The molecule has 26 heavy (non-hydrogen) atoms. The third-order valence-corrected chi connectivity index (χ3v) is 3.74. The van der Waals surface area contributed by atoms with E-state index in [9.17, 15) is 23.2 Å². The summed E-state index contributed by atoms with van der Waals surface area (Å²) in [6, 6.07) is 3.99. The Kier molecular flexibility index (Phi) is 8.83. The third-order valence-electron chi connectivity index (χ3n) is 3.02. The summed E-state index contributed by atoms with van der Waals surface area (Å²) in [5, 5.41) is 4.75. The lowest BCUT2D eigenvalue weighted by Crippen LogP contribution is -2.45. The number of hydrogen-bond acceptors (Lipinski definition) is 5. The molecule has 0 fully saturated rings. The molecular formula is C16H21F2N3O4S. The molecule has 3 amide bonds. The number of hydrogen-bond donors (Lipinski definition) is 3. The fraction of sp³-hybridized carbons (Fsp3) is 0.438. The second kappa shape index (κ2) is 10.6. The molecule has 0 aromatic heterocycles. The summed E-state index contributed by atoms with van der Waals surface area (Å²) in [4.78, 5) is 35.1. The van der Waals surface area contributed by atoms with Gasteiger partial charge in [0.05, 0.1) is 0 Å². The number of carbonyl (C=O) groups excluding carboxylic acids is 3. The highest BCUT2D eigenvalue weighted by molar-refractivity contribution is 7.99. The Bertz CT molecular complexity index is 626. The van der Waals surface area contributed by atoms with Crippen molar-refractivity contribution < 1.29 is 27.9 Å². The van der Waals surface area contributed by atoms with Crippen molar-refractivity contribution in [2.75, 3.05) is 11.9 Å². The molecule has 0 spiro atoms. The van der Waals surface area contributed by atoms with E-state index in [2.05, 4.69) is 10.6 Å². The Morgan fingerprint density at radius 1 is 1.19 bits per heavy atom. The Balaban J connectivity index is 2.51. The molecule has 0 bridgehead atoms. The second-order valence-corrected chi connectivity index (χ2v) is 6.81. The molecule has 1 atom stereocenters. The van der Waals surface area contributed by atoms with Crippen LogP contribution in [0.4, 0.5) is 19.3 Å². The molecule has 4 N–H and O–H groups in total. The number of benzene rings is 1. The fourth-order valence-electron chi connectivity index (χ4n) is 2.01. The van der Waals surface area contributed by atoms with Crippen LogP contribution in [0.1, 0.15) is 20.3 Å². The van der Waals surface area contributed by atoms with Crippen molar-refractivity contribution in [2.45, 2.75) is 37.0 Å². The molecule has 144 valence electrons. The first-order valence-corrected chi connectivity index (χ1v) is 8.62. The van der Waals surface area contributed by atoms with Crippen LogP contribution in [0, 0.1) is 5.92 Å². The van der Waals surface area contributed by atoms with Gasteiger partial charge in [-0.15, -0.1) is 0 Å². The minimum atomic E-state index is -2.53. The van der Waals surface area contributed by atoms with E-state index in [1.165, 1.54) is 24.3 Å². The van der Waals surface area contributed by atoms with E-state index >= 15 is 0 Å². The van der Waals surface area contributed by atoms with Crippen LogP contribution in [0.5, 0.6) is 0 Å². The minimum absolute atomic E-state index is 0.0952. The van der Waals surface area contributed by atoms with Gasteiger partial charge in [0.15, 0.2) is 6.61 Å². The summed E-state index contributed by atoms with van der Waals surface area (Å²) >= 11 is 0.393. The number of amides is 3. The fourth-order valence-corrected chi connectivity index (χ4v) is 2.51. The first kappa shape index (κ1) is 21.7. The van der Waals surface area contributed by atoms with Crippen molar-refractivity contribution in [3.63, 3.8) is 0 Å². The Morgan fingerprint density at radius 3 is 2.31 bits per heavy atom. The summed E-state index contributed by atoms with van der Waals surface area (Å²) in [5.74, 6) is -3.80. The van der Waals surface area contributed by atoms with Crippen molar-refractivity contribution in [3.05, 3.63) is 24.3 Å². The first-order chi connectivity index (χ1) is 12.2. The first-order valence-electron chi connectivity index (χ1n) is 7.74. The Morgan fingerprint density at radius 2 is 1.81 bits per heavy atom.